The number of rotatable bonds is 5. The van der Waals surface area contributed by atoms with Crippen LogP contribution in [0.4, 0.5) is 30.2 Å². The van der Waals surface area contributed by atoms with E-state index in [-0.39, 0.29) is 51.5 Å². The summed E-state index contributed by atoms with van der Waals surface area (Å²) in [5.74, 6) is -2.36. The molecule has 16 heteroatoms. The highest BCUT2D eigenvalue weighted by Crippen LogP contribution is 2.45. The summed E-state index contributed by atoms with van der Waals surface area (Å²) < 4.78 is 56.5. The molecule has 0 aliphatic carbocycles. The van der Waals surface area contributed by atoms with E-state index in [9.17, 15) is 38.2 Å². The third-order valence-electron chi connectivity index (χ3n) is 6.24. The van der Waals surface area contributed by atoms with Crippen LogP contribution in [0.2, 0.25) is 0 Å². The average molecular weight is 518 g/mol. The summed E-state index contributed by atoms with van der Waals surface area (Å²) in [6, 6.07) is 0.584. The molecule has 2 atom stereocenters. The number of nitro benzene ring substituents is 2. The van der Waals surface area contributed by atoms with E-state index in [4.69, 9.17) is 19.0 Å². The highest BCUT2D eigenvalue weighted by Gasteiger charge is 2.48. The molecule has 0 bridgehead atoms. The summed E-state index contributed by atoms with van der Waals surface area (Å²) in [6.45, 7) is 1.73. The number of carbonyl (C=O) groups is 1. The van der Waals surface area contributed by atoms with Crippen LogP contribution >= 0.6 is 0 Å². The quantitative estimate of drug-likeness (QED) is 0.323. The highest BCUT2D eigenvalue weighted by molar-refractivity contribution is 6.37. The number of ether oxygens (including phenoxy) is 3. The van der Waals surface area contributed by atoms with E-state index in [2.05, 4.69) is 5.16 Å². The molecule has 0 unspecified atom stereocenters. The summed E-state index contributed by atoms with van der Waals surface area (Å²) in [4.78, 5) is 39.7. The number of hydrogen-bond donors (Lipinski definition) is 0. The zero-order valence-electron chi connectivity index (χ0n) is 18.9. The molecule has 0 saturated carbocycles. The molecule has 0 radical (unpaired) electrons. The van der Waals surface area contributed by atoms with E-state index in [1.54, 1.807) is 6.92 Å². The Hall–Kier alpha value is -3.53. The van der Waals surface area contributed by atoms with Gasteiger partial charge in [-0.15, -0.1) is 0 Å². The van der Waals surface area contributed by atoms with E-state index in [0.29, 0.717) is 12.1 Å². The van der Waals surface area contributed by atoms with Crippen molar-refractivity contribution in [3.8, 4) is 0 Å². The Morgan fingerprint density at radius 1 is 1.17 bits per heavy atom. The van der Waals surface area contributed by atoms with Gasteiger partial charge in [-0.05, 0) is 6.92 Å². The molecule has 1 aromatic rings. The minimum Gasteiger partial charge on any atom is -0.461 e. The van der Waals surface area contributed by atoms with Gasteiger partial charge in [-0.1, -0.05) is 5.16 Å². The smallest absolute Gasteiger partial charge is 0.416 e. The Morgan fingerprint density at radius 3 is 2.28 bits per heavy atom. The molecule has 2 fully saturated rings. The maximum absolute atomic E-state index is 13.2. The molecule has 1 spiro atoms. The Morgan fingerprint density at radius 2 is 1.75 bits per heavy atom. The van der Waals surface area contributed by atoms with Gasteiger partial charge in [0, 0.05) is 38.1 Å². The normalized spacial score (nSPS) is 23.3. The summed E-state index contributed by atoms with van der Waals surface area (Å²) >= 11 is 0. The second-order valence-electron chi connectivity index (χ2n) is 8.34. The van der Waals surface area contributed by atoms with Crippen molar-refractivity contribution >= 4 is 28.7 Å². The van der Waals surface area contributed by atoms with Crippen LogP contribution in [-0.2, 0) is 30.0 Å². The van der Waals surface area contributed by atoms with Crippen molar-refractivity contribution in [2.75, 3.05) is 37.8 Å². The van der Waals surface area contributed by atoms with Crippen LogP contribution in [0.5, 0.6) is 0 Å². The van der Waals surface area contributed by atoms with Crippen LogP contribution < -0.4 is 4.90 Å². The van der Waals surface area contributed by atoms with Crippen molar-refractivity contribution in [2.45, 2.75) is 37.8 Å². The number of esters is 1. The fourth-order valence-electron chi connectivity index (χ4n) is 4.42. The Bertz CT molecular complexity index is 1070. The van der Waals surface area contributed by atoms with E-state index in [0.717, 1.165) is 0 Å². The van der Waals surface area contributed by atoms with E-state index in [1.165, 1.54) is 4.90 Å². The lowest BCUT2D eigenvalue weighted by atomic mass is 9.99. The fraction of sp³-hybridized carbons (Fsp3) is 0.600. The van der Waals surface area contributed by atoms with Crippen LogP contribution in [-0.4, -0.2) is 66.3 Å². The first-order valence-electron chi connectivity index (χ1n) is 10.9. The van der Waals surface area contributed by atoms with E-state index in [1.807, 2.05) is 0 Å². The van der Waals surface area contributed by atoms with Gasteiger partial charge in [-0.2, -0.15) is 13.2 Å². The van der Waals surface area contributed by atoms with Gasteiger partial charge in [0.2, 0.25) is 0 Å². The first-order valence-corrected chi connectivity index (χ1v) is 10.9. The number of benzene rings is 1. The van der Waals surface area contributed by atoms with Gasteiger partial charge in [-0.3, -0.25) is 20.2 Å². The van der Waals surface area contributed by atoms with Crippen molar-refractivity contribution in [3.63, 3.8) is 0 Å². The predicted molar refractivity (Wildman–Crippen MR) is 113 cm³/mol. The molecule has 3 aliphatic heterocycles. The van der Waals surface area contributed by atoms with E-state index < -0.39 is 62.4 Å². The number of halogens is 3. The first kappa shape index (κ1) is 25.6. The maximum atomic E-state index is 13.2. The molecule has 0 aromatic heterocycles. The molecule has 0 N–H and O–H groups in total. The molecular formula is C20H21F3N4O9. The number of nitro groups is 2. The predicted octanol–water partition coefficient (Wildman–Crippen LogP) is 2.80. The van der Waals surface area contributed by atoms with Crippen molar-refractivity contribution in [1.29, 1.82) is 0 Å². The second kappa shape index (κ2) is 9.50. The molecular weight excluding hydrogens is 497 g/mol. The van der Waals surface area contributed by atoms with Crippen molar-refractivity contribution in [1.82, 2.24) is 0 Å². The molecule has 1 aromatic carbocycles. The average Bonchev–Trinajstić information content (AvgIpc) is 3.16. The lowest BCUT2D eigenvalue weighted by molar-refractivity contribution is -0.393. The third-order valence-corrected chi connectivity index (χ3v) is 6.24. The summed E-state index contributed by atoms with van der Waals surface area (Å²) in [5, 5.41) is 26.9. The lowest BCUT2D eigenvalue weighted by Gasteiger charge is -2.41. The molecule has 36 heavy (non-hydrogen) atoms. The van der Waals surface area contributed by atoms with Gasteiger partial charge >= 0.3 is 12.1 Å². The third kappa shape index (κ3) is 4.77. The number of oxime groups is 1. The SMILES string of the molecule is CCOC(=O)C1=NO[C@@H]2COC3(CCN(c4c([N+](=O)[O-])cc(C(F)(F)F)cc4[N+](=O)[O-])CC3)OC[C@H]12. The molecule has 3 heterocycles. The number of piperidine rings is 1. The van der Waals surface area contributed by atoms with Crippen LogP contribution in [0.25, 0.3) is 0 Å². The van der Waals surface area contributed by atoms with Gasteiger partial charge in [0.15, 0.2) is 23.3 Å². The van der Waals surface area contributed by atoms with Crippen LogP contribution in [0.3, 0.4) is 0 Å². The number of carbonyl (C=O) groups excluding carboxylic acids is 1. The standard InChI is InChI=1S/C20H21F3N4O9/c1-2-33-18(28)16-12-9-34-19(35-10-15(12)36-24-16)3-5-25(6-4-19)17-13(26(29)30)7-11(20(21,22)23)8-14(17)27(31)32/h7-8,12,15H,2-6,9-10H2,1H3/t12-,15+/m0/s1. The van der Waals surface area contributed by atoms with Crippen molar-refractivity contribution < 1.29 is 46.9 Å². The van der Waals surface area contributed by atoms with E-state index >= 15 is 0 Å². The Labute approximate surface area is 201 Å². The van der Waals surface area contributed by atoms with Gasteiger partial charge in [0.05, 0.1) is 41.1 Å². The second-order valence-corrected chi connectivity index (χ2v) is 8.34. The maximum Gasteiger partial charge on any atom is 0.416 e. The van der Waals surface area contributed by atoms with Crippen LogP contribution in [0.1, 0.15) is 25.3 Å². The number of hydrogen-bond acceptors (Lipinski definition) is 11. The monoisotopic (exact) mass is 518 g/mol. The number of anilines is 1. The Balaban J connectivity index is 1.54. The van der Waals surface area contributed by atoms with Crippen molar-refractivity contribution in [2.24, 2.45) is 11.1 Å². The molecule has 2 saturated heterocycles. The number of alkyl halides is 3. The van der Waals surface area contributed by atoms with Gasteiger partial charge < -0.3 is 23.9 Å². The van der Waals surface area contributed by atoms with Gasteiger partial charge in [0.1, 0.15) is 0 Å². The molecule has 3 aliphatic rings. The summed E-state index contributed by atoms with van der Waals surface area (Å²) in [7, 11) is 0. The number of fused-ring (bicyclic) bond motifs is 1. The minimum absolute atomic E-state index is 0.00287. The largest absolute Gasteiger partial charge is 0.461 e. The van der Waals surface area contributed by atoms with Gasteiger partial charge in [0.25, 0.3) is 11.4 Å². The lowest BCUT2D eigenvalue weighted by Crippen LogP contribution is -2.48. The zero-order valence-corrected chi connectivity index (χ0v) is 18.9. The summed E-state index contributed by atoms with van der Waals surface area (Å²) in [5.41, 5.74) is -3.98. The molecule has 13 nitrogen and oxygen atoms in total. The van der Waals surface area contributed by atoms with Crippen LogP contribution in [0.15, 0.2) is 17.3 Å². The minimum atomic E-state index is -5.01. The van der Waals surface area contributed by atoms with Crippen molar-refractivity contribution in [3.05, 3.63) is 37.9 Å². The molecule has 0 amide bonds. The number of nitrogens with zero attached hydrogens (tertiary/aromatic N) is 4. The first-order chi connectivity index (χ1) is 17.0. The topological polar surface area (TPSA) is 156 Å². The highest BCUT2D eigenvalue weighted by atomic mass is 19.4. The molecule has 4 rings (SSSR count). The van der Waals surface area contributed by atoms with Crippen LogP contribution in [0, 0.1) is 26.1 Å². The molecule has 196 valence electrons. The zero-order chi connectivity index (χ0) is 26.3. The summed E-state index contributed by atoms with van der Waals surface area (Å²) in [6.07, 6.45) is -5.42. The van der Waals surface area contributed by atoms with Gasteiger partial charge in [-0.25, -0.2) is 4.79 Å². The fourth-order valence-corrected chi connectivity index (χ4v) is 4.42. The Kier molecular flexibility index (Phi) is 6.74.